The molecule has 98 valence electrons. The number of alkyl halides is 2. The zero-order valence-corrected chi connectivity index (χ0v) is 11.4. The number of rotatable bonds is 4. The fourth-order valence-corrected chi connectivity index (χ4v) is 1.67. The van der Waals surface area contributed by atoms with Gasteiger partial charge in [-0.15, -0.1) is 0 Å². The highest BCUT2D eigenvalue weighted by Crippen LogP contribution is 2.25. The molecule has 0 saturated heterocycles. The van der Waals surface area contributed by atoms with Crippen molar-refractivity contribution >= 4 is 46.2 Å². The van der Waals surface area contributed by atoms with Gasteiger partial charge in [0, 0.05) is 5.69 Å². The van der Waals surface area contributed by atoms with Gasteiger partial charge < -0.3 is 10.6 Å². The van der Waals surface area contributed by atoms with E-state index in [1.165, 1.54) is 0 Å². The van der Waals surface area contributed by atoms with Gasteiger partial charge in [-0.25, -0.2) is 0 Å². The number of hydrogen-bond donors (Lipinski definition) is 2. The Bertz CT molecular complexity index is 558. The number of halogens is 2. The molecule has 2 N–H and O–H groups in total. The Morgan fingerprint density at radius 3 is 2.11 bits per heavy atom. The standard InChI is InChI=1S/C14H12Cl2N2O/c15-13(16)14(19)18-12-9-5-4-8-11(12)17-10-6-2-1-3-7-10/h1-9,13,17H,(H,18,19). The van der Waals surface area contributed by atoms with E-state index in [2.05, 4.69) is 10.6 Å². The molecule has 2 aromatic rings. The highest BCUT2D eigenvalue weighted by Gasteiger charge is 2.13. The second-order valence-corrected chi connectivity index (χ2v) is 4.92. The topological polar surface area (TPSA) is 41.1 Å². The predicted octanol–water partition coefficient (Wildman–Crippen LogP) is 4.17. The van der Waals surface area contributed by atoms with Crippen LogP contribution >= 0.6 is 23.2 Å². The van der Waals surface area contributed by atoms with Gasteiger partial charge in [0.15, 0.2) is 4.84 Å². The van der Waals surface area contributed by atoms with Gasteiger partial charge in [-0.3, -0.25) is 4.79 Å². The zero-order valence-electron chi connectivity index (χ0n) is 9.94. The van der Waals surface area contributed by atoms with E-state index < -0.39 is 10.7 Å². The number of nitrogens with one attached hydrogen (secondary N) is 2. The van der Waals surface area contributed by atoms with E-state index >= 15 is 0 Å². The van der Waals surface area contributed by atoms with Crippen molar-refractivity contribution in [2.75, 3.05) is 10.6 Å². The summed E-state index contributed by atoms with van der Waals surface area (Å²) in [5, 5.41) is 5.88. The second-order valence-electron chi connectivity index (χ2n) is 3.83. The lowest BCUT2D eigenvalue weighted by Crippen LogP contribution is -2.19. The van der Waals surface area contributed by atoms with E-state index in [9.17, 15) is 4.79 Å². The third kappa shape index (κ3) is 3.88. The van der Waals surface area contributed by atoms with Crippen molar-refractivity contribution in [1.29, 1.82) is 0 Å². The Morgan fingerprint density at radius 2 is 1.47 bits per heavy atom. The average Bonchev–Trinajstić information content (AvgIpc) is 2.42. The van der Waals surface area contributed by atoms with Gasteiger partial charge in [0.1, 0.15) is 0 Å². The third-order valence-corrected chi connectivity index (χ3v) is 2.83. The number of hydrogen-bond acceptors (Lipinski definition) is 2. The lowest BCUT2D eigenvalue weighted by atomic mass is 10.2. The summed E-state index contributed by atoms with van der Waals surface area (Å²) >= 11 is 11.0. The van der Waals surface area contributed by atoms with Gasteiger partial charge in [-0.2, -0.15) is 0 Å². The summed E-state index contributed by atoms with van der Waals surface area (Å²) in [6, 6.07) is 17.0. The molecule has 19 heavy (non-hydrogen) atoms. The van der Waals surface area contributed by atoms with E-state index in [1.807, 2.05) is 48.5 Å². The molecule has 0 aliphatic carbocycles. The van der Waals surface area contributed by atoms with E-state index in [1.54, 1.807) is 6.07 Å². The van der Waals surface area contributed by atoms with Crippen molar-refractivity contribution in [3.63, 3.8) is 0 Å². The quantitative estimate of drug-likeness (QED) is 0.831. The van der Waals surface area contributed by atoms with Crippen molar-refractivity contribution in [2.24, 2.45) is 0 Å². The van der Waals surface area contributed by atoms with E-state index in [4.69, 9.17) is 23.2 Å². The van der Waals surface area contributed by atoms with E-state index in [0.717, 1.165) is 11.4 Å². The SMILES string of the molecule is O=C(Nc1ccccc1Nc1ccccc1)C(Cl)Cl. The predicted molar refractivity (Wildman–Crippen MR) is 80.3 cm³/mol. The van der Waals surface area contributed by atoms with Gasteiger partial charge in [0.05, 0.1) is 11.4 Å². The van der Waals surface area contributed by atoms with Crippen molar-refractivity contribution in [3.05, 3.63) is 54.6 Å². The van der Waals surface area contributed by atoms with Crippen LogP contribution in [0.25, 0.3) is 0 Å². The summed E-state index contributed by atoms with van der Waals surface area (Å²) < 4.78 is 0. The minimum Gasteiger partial charge on any atom is -0.354 e. The zero-order chi connectivity index (χ0) is 13.7. The van der Waals surface area contributed by atoms with Crippen LogP contribution in [-0.2, 0) is 4.79 Å². The minimum absolute atomic E-state index is 0.453. The van der Waals surface area contributed by atoms with Crippen LogP contribution in [0.3, 0.4) is 0 Å². The summed E-state index contributed by atoms with van der Waals surface area (Å²) in [6.45, 7) is 0. The average molecular weight is 295 g/mol. The molecular formula is C14H12Cl2N2O. The van der Waals surface area contributed by atoms with E-state index in [-0.39, 0.29) is 0 Å². The normalized spacial score (nSPS) is 10.3. The molecule has 0 radical (unpaired) electrons. The fourth-order valence-electron chi connectivity index (χ4n) is 1.57. The summed E-state index contributed by atoms with van der Waals surface area (Å²) in [6.07, 6.45) is 0. The molecule has 2 aromatic carbocycles. The highest BCUT2D eigenvalue weighted by molar-refractivity contribution is 6.54. The van der Waals surface area contributed by atoms with Crippen LogP contribution in [0.5, 0.6) is 0 Å². The Balaban J connectivity index is 2.19. The van der Waals surface area contributed by atoms with Crippen LogP contribution in [0, 0.1) is 0 Å². The van der Waals surface area contributed by atoms with Crippen LogP contribution in [0.1, 0.15) is 0 Å². The van der Waals surface area contributed by atoms with Crippen molar-refractivity contribution in [1.82, 2.24) is 0 Å². The largest absolute Gasteiger partial charge is 0.354 e. The molecule has 0 aliphatic heterocycles. The molecule has 0 bridgehead atoms. The van der Waals surface area contributed by atoms with Crippen LogP contribution in [-0.4, -0.2) is 10.7 Å². The van der Waals surface area contributed by atoms with Crippen LogP contribution < -0.4 is 10.6 Å². The highest BCUT2D eigenvalue weighted by atomic mass is 35.5. The van der Waals surface area contributed by atoms with Gasteiger partial charge in [0.2, 0.25) is 0 Å². The smallest absolute Gasteiger partial charge is 0.257 e. The number of amides is 1. The molecule has 0 heterocycles. The molecule has 1 amide bonds. The first-order chi connectivity index (χ1) is 9.16. The number of anilines is 3. The molecule has 0 aromatic heterocycles. The van der Waals surface area contributed by atoms with Gasteiger partial charge >= 0.3 is 0 Å². The number of carbonyl (C=O) groups is 1. The second kappa shape index (κ2) is 6.45. The molecule has 5 heteroatoms. The molecule has 0 saturated carbocycles. The first-order valence-corrected chi connectivity index (χ1v) is 6.54. The number of benzene rings is 2. The molecule has 3 nitrogen and oxygen atoms in total. The van der Waals surface area contributed by atoms with Crippen molar-refractivity contribution in [3.8, 4) is 0 Å². The van der Waals surface area contributed by atoms with Crippen LogP contribution in [0.15, 0.2) is 54.6 Å². The molecule has 0 unspecified atom stereocenters. The molecule has 0 spiro atoms. The van der Waals surface area contributed by atoms with Crippen molar-refractivity contribution in [2.45, 2.75) is 4.84 Å². The van der Waals surface area contributed by atoms with Gasteiger partial charge in [0.25, 0.3) is 5.91 Å². The Labute approximate surface area is 121 Å². The first-order valence-electron chi connectivity index (χ1n) is 5.67. The first kappa shape index (κ1) is 13.7. The third-order valence-electron chi connectivity index (χ3n) is 2.44. The van der Waals surface area contributed by atoms with Crippen LogP contribution in [0.4, 0.5) is 17.1 Å². The molecule has 0 aliphatic rings. The monoisotopic (exact) mass is 294 g/mol. The maximum atomic E-state index is 11.5. The Kier molecular flexibility index (Phi) is 4.66. The maximum absolute atomic E-state index is 11.5. The molecular weight excluding hydrogens is 283 g/mol. The van der Waals surface area contributed by atoms with Crippen molar-refractivity contribution < 1.29 is 4.79 Å². The van der Waals surface area contributed by atoms with E-state index in [0.29, 0.717) is 5.69 Å². The van der Waals surface area contributed by atoms with Gasteiger partial charge in [-0.05, 0) is 24.3 Å². The Morgan fingerprint density at radius 1 is 0.895 bits per heavy atom. The summed E-state index contributed by atoms with van der Waals surface area (Å²) in [7, 11) is 0. The number of para-hydroxylation sites is 3. The molecule has 2 rings (SSSR count). The molecule has 0 atom stereocenters. The summed E-state index contributed by atoms with van der Waals surface area (Å²) in [4.78, 5) is 10.4. The maximum Gasteiger partial charge on any atom is 0.257 e. The Hall–Kier alpha value is -1.71. The lowest BCUT2D eigenvalue weighted by molar-refractivity contribution is -0.114. The number of carbonyl (C=O) groups excluding carboxylic acids is 1. The fraction of sp³-hybridized carbons (Fsp3) is 0.0714. The minimum atomic E-state index is -1.09. The summed E-state index contributed by atoms with van der Waals surface area (Å²) in [5.41, 5.74) is 2.33. The molecule has 0 fully saturated rings. The van der Waals surface area contributed by atoms with Crippen LogP contribution in [0.2, 0.25) is 0 Å². The van der Waals surface area contributed by atoms with Gasteiger partial charge in [-0.1, -0.05) is 53.5 Å². The lowest BCUT2D eigenvalue weighted by Gasteiger charge is -2.13. The summed E-state index contributed by atoms with van der Waals surface area (Å²) in [5.74, 6) is -0.453.